The van der Waals surface area contributed by atoms with Gasteiger partial charge >= 0.3 is 6.18 Å². The highest BCUT2D eigenvalue weighted by Gasteiger charge is 2.52. The van der Waals surface area contributed by atoms with Gasteiger partial charge in [0.2, 0.25) is 5.91 Å². The van der Waals surface area contributed by atoms with Crippen molar-refractivity contribution in [2.24, 2.45) is 5.92 Å². The van der Waals surface area contributed by atoms with Crippen LogP contribution < -0.4 is 5.32 Å². The van der Waals surface area contributed by atoms with Crippen molar-refractivity contribution < 1.29 is 23.1 Å². The number of benzene rings is 1. The molecular weight excluding hydrogens is 307 g/mol. The molecule has 0 bridgehead atoms. The van der Waals surface area contributed by atoms with E-state index >= 15 is 0 Å². The summed E-state index contributed by atoms with van der Waals surface area (Å²) in [4.78, 5) is 12.6. The maximum absolute atomic E-state index is 12.9. The summed E-state index contributed by atoms with van der Waals surface area (Å²) in [5.74, 6) is -0.104. The maximum atomic E-state index is 12.9. The Morgan fingerprint density at radius 3 is 2.48 bits per heavy atom. The molecule has 0 heterocycles. The van der Waals surface area contributed by atoms with Crippen molar-refractivity contribution in [1.29, 1.82) is 0 Å². The topological polar surface area (TPSA) is 49.3 Å². The minimum atomic E-state index is -4.42. The highest BCUT2D eigenvalue weighted by Crippen LogP contribution is 2.49. The Kier molecular flexibility index (Phi) is 5.04. The second-order valence-electron chi connectivity index (χ2n) is 6.50. The smallest absolute Gasteiger partial charge is 0.396 e. The number of carbonyl (C=O) groups excluding carboxylic acids is 1. The van der Waals surface area contributed by atoms with E-state index in [9.17, 15) is 18.0 Å². The van der Waals surface area contributed by atoms with Crippen LogP contribution in [0.3, 0.4) is 0 Å². The number of amides is 1. The molecule has 0 aromatic heterocycles. The van der Waals surface area contributed by atoms with Gasteiger partial charge in [0.1, 0.15) is 0 Å². The van der Waals surface area contributed by atoms with Crippen molar-refractivity contribution in [3.8, 4) is 0 Å². The molecule has 0 radical (unpaired) electrons. The molecule has 6 heteroatoms. The van der Waals surface area contributed by atoms with E-state index in [0.29, 0.717) is 24.8 Å². The number of carbonyl (C=O) groups is 1. The minimum Gasteiger partial charge on any atom is -0.396 e. The van der Waals surface area contributed by atoms with Gasteiger partial charge in [-0.1, -0.05) is 32.0 Å². The first-order valence-electron chi connectivity index (χ1n) is 7.80. The van der Waals surface area contributed by atoms with Gasteiger partial charge in [-0.15, -0.1) is 0 Å². The van der Waals surface area contributed by atoms with Crippen molar-refractivity contribution in [2.45, 2.75) is 50.7 Å². The molecule has 1 atom stereocenters. The number of alkyl halides is 3. The van der Waals surface area contributed by atoms with Crippen LogP contribution in [0.4, 0.5) is 13.2 Å². The zero-order chi connectivity index (χ0) is 17.3. The molecule has 0 saturated heterocycles. The van der Waals surface area contributed by atoms with E-state index in [4.69, 9.17) is 5.11 Å². The Balaban J connectivity index is 2.20. The van der Waals surface area contributed by atoms with Crippen molar-refractivity contribution in [2.75, 3.05) is 6.61 Å². The normalized spacial score (nSPS) is 17.9. The average molecular weight is 329 g/mol. The van der Waals surface area contributed by atoms with E-state index in [2.05, 4.69) is 5.32 Å². The predicted octanol–water partition coefficient (Wildman–Crippen LogP) is 3.26. The van der Waals surface area contributed by atoms with Crippen LogP contribution in [-0.2, 0) is 16.4 Å². The summed E-state index contributed by atoms with van der Waals surface area (Å²) in [6.07, 6.45) is -2.89. The van der Waals surface area contributed by atoms with Crippen LogP contribution in [0.15, 0.2) is 24.3 Å². The number of nitrogens with one attached hydrogen (secondary N) is 1. The van der Waals surface area contributed by atoms with Crippen LogP contribution in [-0.4, -0.2) is 23.7 Å². The molecule has 3 nitrogen and oxygen atoms in total. The quantitative estimate of drug-likeness (QED) is 0.842. The third-order valence-electron chi connectivity index (χ3n) is 4.49. The molecule has 1 unspecified atom stereocenters. The monoisotopic (exact) mass is 329 g/mol. The second kappa shape index (κ2) is 6.51. The lowest BCUT2D eigenvalue weighted by Gasteiger charge is -2.25. The molecule has 128 valence electrons. The van der Waals surface area contributed by atoms with Gasteiger partial charge in [-0.3, -0.25) is 4.79 Å². The Morgan fingerprint density at radius 1 is 1.35 bits per heavy atom. The van der Waals surface area contributed by atoms with Crippen LogP contribution in [0.1, 0.15) is 44.2 Å². The fourth-order valence-corrected chi connectivity index (χ4v) is 2.78. The molecule has 1 aromatic carbocycles. The summed E-state index contributed by atoms with van der Waals surface area (Å²) in [6, 6.07) is 4.83. The zero-order valence-corrected chi connectivity index (χ0v) is 13.3. The van der Waals surface area contributed by atoms with E-state index in [1.807, 2.05) is 13.8 Å². The van der Waals surface area contributed by atoms with Gasteiger partial charge in [0.25, 0.3) is 0 Å². The van der Waals surface area contributed by atoms with Gasteiger partial charge < -0.3 is 10.4 Å². The molecular formula is C17H22F3NO2. The molecule has 1 aromatic rings. The van der Waals surface area contributed by atoms with Gasteiger partial charge in [-0.2, -0.15) is 13.2 Å². The Labute approximate surface area is 133 Å². The van der Waals surface area contributed by atoms with Gasteiger partial charge in [-0.25, -0.2) is 0 Å². The van der Waals surface area contributed by atoms with Crippen LogP contribution in [0.2, 0.25) is 0 Å². The average Bonchev–Trinajstić information content (AvgIpc) is 3.27. The summed E-state index contributed by atoms with van der Waals surface area (Å²) in [7, 11) is 0. The molecule has 2 N–H and O–H groups in total. The van der Waals surface area contributed by atoms with Gasteiger partial charge in [0.05, 0.1) is 11.0 Å². The second-order valence-corrected chi connectivity index (χ2v) is 6.50. The standard InChI is InChI=1S/C17H22F3NO2/c1-11(2)14(6-9-22)21-15(23)16(7-8-16)12-4-3-5-13(10-12)17(18,19)20/h3-5,10-11,14,22H,6-9H2,1-2H3,(H,21,23). The van der Waals surface area contributed by atoms with Crippen molar-refractivity contribution in [3.05, 3.63) is 35.4 Å². The fraction of sp³-hybridized carbons (Fsp3) is 0.588. The van der Waals surface area contributed by atoms with E-state index in [0.717, 1.165) is 12.1 Å². The van der Waals surface area contributed by atoms with Gasteiger partial charge in [0, 0.05) is 12.6 Å². The van der Waals surface area contributed by atoms with Crippen LogP contribution in [0.5, 0.6) is 0 Å². The summed E-state index contributed by atoms with van der Waals surface area (Å²) >= 11 is 0. The van der Waals surface area contributed by atoms with Crippen LogP contribution in [0, 0.1) is 5.92 Å². The molecule has 0 aliphatic heterocycles. The van der Waals surface area contributed by atoms with Crippen molar-refractivity contribution in [1.82, 2.24) is 5.32 Å². The first-order chi connectivity index (χ1) is 10.7. The van der Waals surface area contributed by atoms with Crippen molar-refractivity contribution in [3.63, 3.8) is 0 Å². The number of aliphatic hydroxyl groups excluding tert-OH is 1. The summed E-state index contributed by atoms with van der Waals surface area (Å²) < 4.78 is 38.6. The number of rotatable bonds is 6. The summed E-state index contributed by atoms with van der Waals surface area (Å²) in [5, 5.41) is 12.0. The summed E-state index contributed by atoms with van der Waals surface area (Å²) in [6.45, 7) is 3.83. The van der Waals surface area contributed by atoms with E-state index in [1.54, 1.807) is 6.07 Å². The predicted molar refractivity (Wildman–Crippen MR) is 80.8 cm³/mol. The minimum absolute atomic E-state index is 0.0420. The van der Waals surface area contributed by atoms with E-state index < -0.39 is 17.2 Å². The highest BCUT2D eigenvalue weighted by molar-refractivity contribution is 5.91. The largest absolute Gasteiger partial charge is 0.416 e. The number of hydrogen-bond donors (Lipinski definition) is 2. The lowest BCUT2D eigenvalue weighted by atomic mass is 9.92. The molecule has 1 saturated carbocycles. The Hall–Kier alpha value is -1.56. The number of aliphatic hydroxyl groups is 1. The third kappa shape index (κ3) is 3.86. The first kappa shape index (κ1) is 17.8. The van der Waals surface area contributed by atoms with Crippen molar-refractivity contribution >= 4 is 5.91 Å². The van der Waals surface area contributed by atoms with Crippen LogP contribution >= 0.6 is 0 Å². The molecule has 1 aliphatic rings. The first-order valence-corrected chi connectivity index (χ1v) is 7.80. The highest BCUT2D eigenvalue weighted by atomic mass is 19.4. The molecule has 0 spiro atoms. The van der Waals surface area contributed by atoms with E-state index in [-0.39, 0.29) is 24.5 Å². The fourth-order valence-electron chi connectivity index (χ4n) is 2.78. The third-order valence-corrected chi connectivity index (χ3v) is 4.49. The molecule has 1 amide bonds. The zero-order valence-electron chi connectivity index (χ0n) is 13.3. The molecule has 2 rings (SSSR count). The molecule has 1 fully saturated rings. The number of hydrogen-bond acceptors (Lipinski definition) is 2. The SMILES string of the molecule is CC(C)C(CCO)NC(=O)C1(c2cccc(C(F)(F)F)c2)CC1. The summed E-state index contributed by atoms with van der Waals surface area (Å²) in [5.41, 5.74) is -1.18. The van der Waals surface area contributed by atoms with Gasteiger partial charge in [0.15, 0.2) is 0 Å². The lowest BCUT2D eigenvalue weighted by Crippen LogP contribution is -2.44. The number of halogens is 3. The Bertz CT molecular complexity index is 565. The Morgan fingerprint density at radius 2 is 2.00 bits per heavy atom. The molecule has 23 heavy (non-hydrogen) atoms. The molecule has 1 aliphatic carbocycles. The van der Waals surface area contributed by atoms with Crippen LogP contribution in [0.25, 0.3) is 0 Å². The van der Waals surface area contributed by atoms with E-state index in [1.165, 1.54) is 6.07 Å². The van der Waals surface area contributed by atoms with Gasteiger partial charge in [-0.05, 0) is 36.8 Å². The lowest BCUT2D eigenvalue weighted by molar-refractivity contribution is -0.137. The maximum Gasteiger partial charge on any atom is 0.416 e.